The Kier molecular flexibility index (Phi) is 10.2. The molecule has 2 rings (SSSR count). The summed E-state index contributed by atoms with van der Waals surface area (Å²) >= 11 is 5.80. The molecule has 0 saturated carbocycles. The van der Waals surface area contributed by atoms with E-state index in [1.807, 2.05) is 27.7 Å². The molecule has 0 aliphatic carbocycles. The van der Waals surface area contributed by atoms with Crippen LogP contribution in [-0.2, 0) is 6.18 Å². The second kappa shape index (κ2) is 11.3. The number of amides is 2. The van der Waals surface area contributed by atoms with Gasteiger partial charge in [0, 0.05) is 5.69 Å². The molecule has 1 aromatic carbocycles. The van der Waals surface area contributed by atoms with Gasteiger partial charge in [0.1, 0.15) is 5.69 Å². The molecule has 0 aliphatic heterocycles. The summed E-state index contributed by atoms with van der Waals surface area (Å²) in [5.74, 6) is -1.45. The van der Waals surface area contributed by atoms with Crippen LogP contribution in [0.2, 0.25) is 5.02 Å². The number of primary amides is 1. The van der Waals surface area contributed by atoms with E-state index in [-0.39, 0.29) is 27.5 Å². The van der Waals surface area contributed by atoms with Crippen LogP contribution in [-0.4, -0.2) is 16.8 Å². The number of nitrogens with two attached hydrogens (primary N) is 1. The summed E-state index contributed by atoms with van der Waals surface area (Å²) in [7, 11) is 0. The fourth-order valence-corrected chi connectivity index (χ4v) is 2.16. The second-order valence-electron chi connectivity index (χ2n) is 4.84. The standard InChI is InChI=1S/C15H11ClF3N3O2.2C2H6/c1-7-9(3-5-12(21-7)15(17,18)19)14(24)22-8-2-4-11(16)10(6-8)13(20)23;2*1-2/h2-6H,1H3,(H2,20,23)(H,22,24);2*1-2H3. The van der Waals surface area contributed by atoms with Crippen LogP contribution in [0.3, 0.4) is 0 Å². The highest BCUT2D eigenvalue weighted by atomic mass is 35.5. The van der Waals surface area contributed by atoms with Gasteiger partial charge < -0.3 is 11.1 Å². The Morgan fingerprint density at radius 3 is 2.07 bits per heavy atom. The van der Waals surface area contributed by atoms with E-state index in [1.165, 1.54) is 25.1 Å². The first-order chi connectivity index (χ1) is 13.1. The van der Waals surface area contributed by atoms with E-state index in [9.17, 15) is 22.8 Å². The first-order valence-electron chi connectivity index (χ1n) is 8.55. The van der Waals surface area contributed by atoms with Crippen molar-refractivity contribution in [1.29, 1.82) is 0 Å². The maximum atomic E-state index is 12.6. The number of anilines is 1. The Hall–Kier alpha value is -2.61. The predicted molar refractivity (Wildman–Crippen MR) is 105 cm³/mol. The number of hydrogen-bond donors (Lipinski definition) is 2. The zero-order chi connectivity index (χ0) is 22.1. The molecule has 0 bridgehead atoms. The minimum Gasteiger partial charge on any atom is -0.366 e. The number of hydrogen-bond acceptors (Lipinski definition) is 3. The van der Waals surface area contributed by atoms with Crippen molar-refractivity contribution in [2.45, 2.75) is 40.8 Å². The molecule has 9 heteroatoms. The van der Waals surface area contributed by atoms with Crippen molar-refractivity contribution in [3.63, 3.8) is 0 Å². The van der Waals surface area contributed by atoms with Crippen LogP contribution in [0.4, 0.5) is 18.9 Å². The number of pyridine rings is 1. The zero-order valence-electron chi connectivity index (χ0n) is 16.2. The second-order valence-corrected chi connectivity index (χ2v) is 5.25. The van der Waals surface area contributed by atoms with Gasteiger partial charge in [0.15, 0.2) is 0 Å². The maximum Gasteiger partial charge on any atom is 0.433 e. The molecule has 2 aromatic rings. The number of carbonyl (C=O) groups excluding carboxylic acids is 2. The monoisotopic (exact) mass is 417 g/mol. The van der Waals surface area contributed by atoms with E-state index < -0.39 is 23.7 Å². The highest BCUT2D eigenvalue weighted by Crippen LogP contribution is 2.28. The Morgan fingerprint density at radius 1 is 1.04 bits per heavy atom. The average Bonchev–Trinajstić information content (AvgIpc) is 2.65. The fraction of sp³-hybridized carbons (Fsp3) is 0.316. The third-order valence-corrected chi connectivity index (χ3v) is 3.44. The Labute approximate surface area is 167 Å². The smallest absolute Gasteiger partial charge is 0.366 e. The first-order valence-corrected chi connectivity index (χ1v) is 8.93. The van der Waals surface area contributed by atoms with Crippen LogP contribution in [0, 0.1) is 6.92 Å². The molecule has 1 aromatic heterocycles. The fourth-order valence-electron chi connectivity index (χ4n) is 1.95. The van der Waals surface area contributed by atoms with Crippen LogP contribution < -0.4 is 11.1 Å². The lowest BCUT2D eigenvalue weighted by Crippen LogP contribution is -2.17. The summed E-state index contributed by atoms with van der Waals surface area (Å²) in [4.78, 5) is 26.8. The van der Waals surface area contributed by atoms with E-state index >= 15 is 0 Å². The molecule has 0 radical (unpaired) electrons. The molecule has 3 N–H and O–H groups in total. The van der Waals surface area contributed by atoms with Gasteiger partial charge in [-0.05, 0) is 37.3 Å². The number of carbonyl (C=O) groups is 2. The molecule has 28 heavy (non-hydrogen) atoms. The van der Waals surface area contributed by atoms with Gasteiger partial charge in [0.25, 0.3) is 5.91 Å². The lowest BCUT2D eigenvalue weighted by atomic mass is 10.1. The van der Waals surface area contributed by atoms with Gasteiger partial charge in [-0.2, -0.15) is 13.2 Å². The van der Waals surface area contributed by atoms with Gasteiger partial charge in [0.2, 0.25) is 5.91 Å². The van der Waals surface area contributed by atoms with Gasteiger partial charge in [-0.3, -0.25) is 9.59 Å². The van der Waals surface area contributed by atoms with E-state index in [0.29, 0.717) is 0 Å². The van der Waals surface area contributed by atoms with E-state index in [1.54, 1.807) is 0 Å². The van der Waals surface area contributed by atoms with Crippen molar-refractivity contribution in [3.05, 3.63) is 57.9 Å². The molecule has 5 nitrogen and oxygen atoms in total. The first kappa shape index (κ1) is 25.4. The van der Waals surface area contributed by atoms with E-state index in [2.05, 4.69) is 10.3 Å². The summed E-state index contributed by atoms with van der Waals surface area (Å²) in [6.45, 7) is 9.29. The predicted octanol–water partition coefficient (Wildman–Crippen LogP) is 5.47. The summed E-state index contributed by atoms with van der Waals surface area (Å²) in [5.41, 5.74) is 4.19. The molecule has 0 fully saturated rings. The van der Waals surface area contributed by atoms with Crippen molar-refractivity contribution in [1.82, 2.24) is 4.98 Å². The summed E-state index contributed by atoms with van der Waals surface area (Å²) in [5, 5.41) is 2.57. The topological polar surface area (TPSA) is 85.1 Å². The Balaban J connectivity index is 0.00000171. The highest BCUT2D eigenvalue weighted by molar-refractivity contribution is 6.34. The summed E-state index contributed by atoms with van der Waals surface area (Å²) in [6, 6.07) is 5.83. The van der Waals surface area contributed by atoms with Crippen LogP contribution in [0.25, 0.3) is 0 Å². The number of rotatable bonds is 3. The number of halogens is 4. The minimum atomic E-state index is -4.59. The molecule has 0 saturated heterocycles. The Bertz CT molecular complexity index is 825. The molecule has 154 valence electrons. The lowest BCUT2D eigenvalue weighted by molar-refractivity contribution is -0.141. The number of aryl methyl sites for hydroxylation is 1. The summed E-state index contributed by atoms with van der Waals surface area (Å²) in [6.07, 6.45) is -4.59. The van der Waals surface area contributed by atoms with Gasteiger partial charge in [-0.15, -0.1) is 0 Å². The number of aromatic nitrogens is 1. The molecule has 1 heterocycles. The van der Waals surface area contributed by atoms with Gasteiger partial charge in [-0.1, -0.05) is 39.3 Å². The number of nitrogens with one attached hydrogen (secondary N) is 1. The van der Waals surface area contributed by atoms with E-state index in [0.717, 1.165) is 12.1 Å². The molecule has 0 unspecified atom stereocenters. The van der Waals surface area contributed by atoms with E-state index in [4.69, 9.17) is 17.3 Å². The third-order valence-electron chi connectivity index (χ3n) is 3.11. The molecule has 0 spiro atoms. The zero-order valence-corrected chi connectivity index (χ0v) is 17.0. The normalized spacial score (nSPS) is 10.0. The highest BCUT2D eigenvalue weighted by Gasteiger charge is 2.33. The number of benzene rings is 1. The minimum absolute atomic E-state index is 0.0109. The van der Waals surface area contributed by atoms with Crippen molar-refractivity contribution in [2.75, 3.05) is 5.32 Å². The molecule has 2 amide bonds. The SMILES string of the molecule is CC.CC.Cc1nc(C(F)(F)F)ccc1C(=O)Nc1ccc(Cl)c(C(N)=O)c1. The molecule has 0 atom stereocenters. The van der Waals surface area contributed by atoms with Crippen molar-refractivity contribution >= 4 is 29.1 Å². The van der Waals surface area contributed by atoms with Crippen LogP contribution in [0.1, 0.15) is 59.8 Å². The van der Waals surface area contributed by atoms with Crippen molar-refractivity contribution in [3.8, 4) is 0 Å². The lowest BCUT2D eigenvalue weighted by Gasteiger charge is -2.11. The maximum absolute atomic E-state index is 12.6. The van der Waals surface area contributed by atoms with Gasteiger partial charge in [-0.25, -0.2) is 4.98 Å². The average molecular weight is 418 g/mol. The Morgan fingerprint density at radius 2 is 1.61 bits per heavy atom. The van der Waals surface area contributed by atoms with Crippen LogP contribution >= 0.6 is 11.6 Å². The molecular formula is C19H23ClF3N3O2. The van der Waals surface area contributed by atoms with Gasteiger partial charge in [0.05, 0.1) is 21.8 Å². The van der Waals surface area contributed by atoms with Crippen LogP contribution in [0.15, 0.2) is 30.3 Å². The molecule has 0 aliphatic rings. The third kappa shape index (κ3) is 6.84. The number of nitrogens with zero attached hydrogens (tertiary/aromatic N) is 1. The largest absolute Gasteiger partial charge is 0.433 e. The van der Waals surface area contributed by atoms with Crippen molar-refractivity contribution in [2.24, 2.45) is 5.73 Å². The van der Waals surface area contributed by atoms with Gasteiger partial charge >= 0.3 is 6.18 Å². The van der Waals surface area contributed by atoms with Crippen molar-refractivity contribution < 1.29 is 22.8 Å². The van der Waals surface area contributed by atoms with Crippen LogP contribution in [0.5, 0.6) is 0 Å². The summed E-state index contributed by atoms with van der Waals surface area (Å²) < 4.78 is 37.8. The quantitative estimate of drug-likeness (QED) is 0.694. The molecular weight excluding hydrogens is 395 g/mol. The number of alkyl halides is 3.